The van der Waals surface area contributed by atoms with E-state index in [0.29, 0.717) is 11.5 Å². The number of nitrogens with zero attached hydrogens (tertiary/aromatic N) is 2. The molecule has 0 aromatic heterocycles. The Hall–Kier alpha value is -1.58. The zero-order chi connectivity index (χ0) is 7.40. The summed E-state index contributed by atoms with van der Waals surface area (Å²) in [5.41, 5.74) is 5.77. The third-order valence-corrected chi connectivity index (χ3v) is 0.960. The highest BCUT2D eigenvalue weighted by atomic mass is 16.6. The highest BCUT2D eigenvalue weighted by Gasteiger charge is 2.10. The van der Waals surface area contributed by atoms with Crippen LogP contribution >= 0.6 is 0 Å². The Balaban J connectivity index is 2.86. The molecule has 0 bridgehead atoms. The van der Waals surface area contributed by atoms with Gasteiger partial charge in [0.25, 0.3) is 0 Å². The van der Waals surface area contributed by atoms with E-state index in [2.05, 4.69) is 16.7 Å². The summed E-state index contributed by atoms with van der Waals surface area (Å²) in [5.74, 6) is 0.458. The van der Waals surface area contributed by atoms with Crippen molar-refractivity contribution in [3.8, 4) is 0 Å². The van der Waals surface area contributed by atoms with Crippen molar-refractivity contribution < 1.29 is 4.84 Å². The van der Waals surface area contributed by atoms with Crippen LogP contribution in [0, 0.1) is 0 Å². The quantitative estimate of drug-likeness (QED) is 0.568. The van der Waals surface area contributed by atoms with Gasteiger partial charge in [-0.25, -0.2) is 0 Å². The lowest BCUT2D eigenvalue weighted by Crippen LogP contribution is -2.00. The molecule has 0 aromatic carbocycles. The molecule has 0 atom stereocenters. The van der Waals surface area contributed by atoms with Crippen LogP contribution in [0.15, 0.2) is 34.9 Å². The van der Waals surface area contributed by atoms with E-state index in [1.165, 1.54) is 18.6 Å². The highest BCUT2D eigenvalue weighted by Crippen LogP contribution is 2.05. The first-order chi connectivity index (χ1) is 4.88. The van der Waals surface area contributed by atoms with E-state index in [1.807, 2.05) is 0 Å². The Morgan fingerprint density at radius 2 is 2.60 bits per heavy atom. The van der Waals surface area contributed by atoms with E-state index in [0.717, 1.165) is 0 Å². The molecule has 4 nitrogen and oxygen atoms in total. The van der Waals surface area contributed by atoms with Crippen molar-refractivity contribution in [3.05, 3.63) is 24.7 Å². The van der Waals surface area contributed by atoms with Gasteiger partial charge in [0.05, 0.1) is 6.21 Å². The van der Waals surface area contributed by atoms with Crippen LogP contribution in [0.5, 0.6) is 0 Å². The van der Waals surface area contributed by atoms with Gasteiger partial charge in [0.2, 0.25) is 5.76 Å². The molecule has 2 N–H and O–H groups in total. The maximum absolute atomic E-state index is 5.17. The van der Waals surface area contributed by atoms with Gasteiger partial charge in [-0.2, -0.15) is 0 Å². The molecule has 0 unspecified atom stereocenters. The van der Waals surface area contributed by atoms with Crippen LogP contribution in [0.25, 0.3) is 0 Å². The molecule has 1 heterocycles. The van der Waals surface area contributed by atoms with Crippen molar-refractivity contribution in [2.45, 2.75) is 0 Å². The number of allylic oxidation sites excluding steroid dienone is 1. The van der Waals surface area contributed by atoms with Gasteiger partial charge in [-0.3, -0.25) is 4.99 Å². The molecule has 0 saturated heterocycles. The van der Waals surface area contributed by atoms with Crippen molar-refractivity contribution in [2.24, 2.45) is 15.9 Å². The lowest BCUT2D eigenvalue weighted by Gasteiger charge is -1.90. The Morgan fingerprint density at radius 3 is 3.20 bits per heavy atom. The average Bonchev–Trinajstić information content (AvgIpc) is 2.36. The molecule has 4 heteroatoms. The van der Waals surface area contributed by atoms with Crippen LogP contribution in [-0.4, -0.2) is 11.9 Å². The lowest BCUT2D eigenvalue weighted by atomic mass is 10.3. The zero-order valence-electron chi connectivity index (χ0n) is 5.32. The first-order valence-electron chi connectivity index (χ1n) is 2.70. The summed E-state index contributed by atoms with van der Waals surface area (Å²) in [6.45, 7) is 3.42. The molecule has 1 aliphatic rings. The maximum atomic E-state index is 5.17. The van der Waals surface area contributed by atoms with Crippen LogP contribution in [0.1, 0.15) is 0 Å². The molecule has 0 aromatic rings. The average molecular weight is 137 g/mol. The minimum atomic E-state index is 0.458. The standard InChI is InChI=1S/C6H7N3O/c1-2-8-5-4-9-10-6(5)3-7/h2-4H,1,7H2/b6-3+,8-5-. The van der Waals surface area contributed by atoms with Crippen LogP contribution in [-0.2, 0) is 4.84 Å². The molecule has 52 valence electrons. The second-order valence-electron chi connectivity index (χ2n) is 1.55. The second-order valence-corrected chi connectivity index (χ2v) is 1.55. The van der Waals surface area contributed by atoms with Gasteiger partial charge < -0.3 is 10.6 Å². The van der Waals surface area contributed by atoms with Crippen LogP contribution < -0.4 is 5.73 Å². The molecule has 10 heavy (non-hydrogen) atoms. The molecule has 0 radical (unpaired) electrons. The van der Waals surface area contributed by atoms with Gasteiger partial charge >= 0.3 is 0 Å². The number of rotatable bonds is 1. The fourth-order valence-electron chi connectivity index (χ4n) is 0.555. The predicted molar refractivity (Wildman–Crippen MR) is 39.5 cm³/mol. The van der Waals surface area contributed by atoms with E-state index < -0.39 is 0 Å². The van der Waals surface area contributed by atoms with E-state index >= 15 is 0 Å². The van der Waals surface area contributed by atoms with Crippen LogP contribution in [0.2, 0.25) is 0 Å². The summed E-state index contributed by atoms with van der Waals surface area (Å²) in [4.78, 5) is 8.53. The van der Waals surface area contributed by atoms with Crippen molar-refractivity contribution in [2.75, 3.05) is 0 Å². The number of aliphatic imine (C=N–C) groups is 1. The van der Waals surface area contributed by atoms with Gasteiger partial charge in [0.15, 0.2) is 0 Å². The summed E-state index contributed by atoms with van der Waals surface area (Å²) in [6, 6.07) is 0. The molecular weight excluding hydrogens is 130 g/mol. The topological polar surface area (TPSA) is 60.0 Å². The minimum Gasteiger partial charge on any atom is -0.401 e. The van der Waals surface area contributed by atoms with Gasteiger partial charge in [-0.05, 0) is 0 Å². The smallest absolute Gasteiger partial charge is 0.200 e. The van der Waals surface area contributed by atoms with Gasteiger partial charge in [-0.1, -0.05) is 11.7 Å². The van der Waals surface area contributed by atoms with Gasteiger partial charge in [0, 0.05) is 12.4 Å². The highest BCUT2D eigenvalue weighted by molar-refractivity contribution is 6.38. The summed E-state index contributed by atoms with van der Waals surface area (Å²) < 4.78 is 0. The third kappa shape index (κ3) is 1.05. The number of nitrogens with two attached hydrogens (primary N) is 1. The van der Waals surface area contributed by atoms with Gasteiger partial charge in [0.1, 0.15) is 5.71 Å². The number of hydrogen-bond acceptors (Lipinski definition) is 4. The predicted octanol–water partition coefficient (Wildman–Crippen LogP) is 0.387. The second kappa shape index (κ2) is 2.82. The lowest BCUT2D eigenvalue weighted by molar-refractivity contribution is 0.259. The molecule has 0 amide bonds. The van der Waals surface area contributed by atoms with E-state index in [1.54, 1.807) is 0 Å². The van der Waals surface area contributed by atoms with Crippen molar-refractivity contribution in [1.29, 1.82) is 0 Å². The first-order valence-corrected chi connectivity index (χ1v) is 2.70. The summed E-state index contributed by atoms with van der Waals surface area (Å²) >= 11 is 0. The van der Waals surface area contributed by atoms with Gasteiger partial charge in [-0.15, -0.1) is 0 Å². The Morgan fingerprint density at radius 1 is 1.80 bits per heavy atom. The minimum absolute atomic E-state index is 0.458. The molecule has 1 aliphatic heterocycles. The molecule has 0 saturated carbocycles. The Kier molecular flexibility index (Phi) is 1.84. The molecule has 1 rings (SSSR count). The summed E-state index contributed by atoms with van der Waals surface area (Å²) in [7, 11) is 0. The van der Waals surface area contributed by atoms with E-state index in [4.69, 9.17) is 10.6 Å². The fraction of sp³-hybridized carbons (Fsp3) is 0. The SMILES string of the molecule is C=C/N=C1/C=NO/C1=C/N. The molecule has 0 fully saturated rings. The summed E-state index contributed by atoms with van der Waals surface area (Å²) in [6.07, 6.45) is 4.18. The van der Waals surface area contributed by atoms with E-state index in [9.17, 15) is 0 Å². The van der Waals surface area contributed by atoms with Crippen molar-refractivity contribution >= 4 is 11.9 Å². The number of oxime groups is 1. The maximum Gasteiger partial charge on any atom is 0.200 e. The van der Waals surface area contributed by atoms with Crippen molar-refractivity contribution in [1.82, 2.24) is 0 Å². The number of hydrogen-bond donors (Lipinski definition) is 1. The first kappa shape index (κ1) is 6.54. The van der Waals surface area contributed by atoms with E-state index in [-0.39, 0.29) is 0 Å². The normalized spacial score (nSPS) is 23.6. The Bertz CT molecular complexity index is 227. The molecule has 0 aliphatic carbocycles. The molecule has 0 spiro atoms. The third-order valence-electron chi connectivity index (χ3n) is 0.960. The summed E-state index contributed by atoms with van der Waals surface area (Å²) in [5, 5.41) is 3.48. The fourth-order valence-corrected chi connectivity index (χ4v) is 0.555. The van der Waals surface area contributed by atoms with Crippen molar-refractivity contribution in [3.63, 3.8) is 0 Å². The monoisotopic (exact) mass is 137 g/mol. The Labute approximate surface area is 58.4 Å². The zero-order valence-corrected chi connectivity index (χ0v) is 5.32. The van der Waals surface area contributed by atoms with Crippen LogP contribution in [0.3, 0.4) is 0 Å². The van der Waals surface area contributed by atoms with Crippen LogP contribution in [0.4, 0.5) is 0 Å². The molecular formula is C6H7N3O. The largest absolute Gasteiger partial charge is 0.401 e.